The van der Waals surface area contributed by atoms with E-state index in [1.165, 1.54) is 7.11 Å². The number of carbonyl (C=O) groups excluding carboxylic acids is 1. The molecule has 0 saturated heterocycles. The number of rotatable bonds is 3. The van der Waals surface area contributed by atoms with Crippen molar-refractivity contribution in [3.63, 3.8) is 0 Å². The van der Waals surface area contributed by atoms with E-state index in [1.54, 1.807) is 0 Å². The Balaban J connectivity index is 2.27. The minimum atomic E-state index is -0.581. The maximum atomic E-state index is 12.3. The Kier molecular flexibility index (Phi) is 4.13. The zero-order valence-corrected chi connectivity index (χ0v) is 12.0. The topological polar surface area (TPSA) is 38.3 Å². The monoisotopic (exact) mass is 261 g/mol. The van der Waals surface area contributed by atoms with Gasteiger partial charge in [-0.2, -0.15) is 0 Å². The smallest absolute Gasteiger partial charge is 0.331 e. The summed E-state index contributed by atoms with van der Waals surface area (Å²) in [6.07, 6.45) is 2.94. The highest BCUT2D eigenvalue weighted by molar-refractivity contribution is 5.85. The van der Waals surface area contributed by atoms with Crippen molar-refractivity contribution in [3.05, 3.63) is 30.3 Å². The minimum absolute atomic E-state index is 0.143. The normalized spacial score (nSPS) is 30.7. The minimum Gasteiger partial charge on any atom is -0.467 e. The number of anilines is 1. The van der Waals surface area contributed by atoms with Crippen LogP contribution < -0.4 is 5.32 Å². The van der Waals surface area contributed by atoms with Gasteiger partial charge in [0, 0.05) is 5.69 Å². The van der Waals surface area contributed by atoms with Crippen LogP contribution >= 0.6 is 0 Å². The summed E-state index contributed by atoms with van der Waals surface area (Å²) in [6, 6.07) is 9.92. The molecule has 3 unspecified atom stereocenters. The summed E-state index contributed by atoms with van der Waals surface area (Å²) >= 11 is 0. The molecule has 104 valence electrons. The maximum absolute atomic E-state index is 12.3. The zero-order valence-electron chi connectivity index (χ0n) is 12.0. The summed E-state index contributed by atoms with van der Waals surface area (Å²) in [7, 11) is 1.47. The van der Waals surface area contributed by atoms with E-state index < -0.39 is 5.54 Å². The number of benzene rings is 1. The van der Waals surface area contributed by atoms with Crippen molar-refractivity contribution in [1.82, 2.24) is 0 Å². The molecule has 1 saturated carbocycles. The third kappa shape index (κ3) is 2.75. The highest BCUT2D eigenvalue weighted by Crippen LogP contribution is 2.39. The third-order valence-corrected chi connectivity index (χ3v) is 4.32. The summed E-state index contributed by atoms with van der Waals surface area (Å²) in [4.78, 5) is 12.3. The first-order valence-corrected chi connectivity index (χ1v) is 7.00. The number of hydrogen-bond acceptors (Lipinski definition) is 3. The summed E-state index contributed by atoms with van der Waals surface area (Å²) in [5, 5.41) is 3.44. The number of carbonyl (C=O) groups is 1. The molecule has 0 aliphatic heterocycles. The Morgan fingerprint density at radius 2 is 2.00 bits per heavy atom. The second-order valence-electron chi connectivity index (χ2n) is 5.73. The fourth-order valence-corrected chi connectivity index (χ4v) is 3.14. The van der Waals surface area contributed by atoms with Crippen LogP contribution in [0, 0.1) is 11.8 Å². The summed E-state index contributed by atoms with van der Waals surface area (Å²) in [6.45, 7) is 4.39. The van der Waals surface area contributed by atoms with Gasteiger partial charge in [0.1, 0.15) is 5.54 Å². The lowest BCUT2D eigenvalue weighted by Crippen LogP contribution is -2.55. The van der Waals surface area contributed by atoms with E-state index in [9.17, 15) is 4.79 Å². The van der Waals surface area contributed by atoms with Crippen LogP contribution in [0.2, 0.25) is 0 Å². The van der Waals surface area contributed by atoms with E-state index in [-0.39, 0.29) is 11.9 Å². The molecule has 1 aliphatic rings. The summed E-state index contributed by atoms with van der Waals surface area (Å²) in [5.74, 6) is 0.796. The van der Waals surface area contributed by atoms with Crippen molar-refractivity contribution in [2.75, 3.05) is 12.4 Å². The SMILES string of the molecule is COC(=O)C1(Nc2ccccc2)CCC(C)CC1C. The molecule has 3 atom stereocenters. The van der Waals surface area contributed by atoms with Crippen molar-refractivity contribution in [2.24, 2.45) is 11.8 Å². The van der Waals surface area contributed by atoms with Crippen molar-refractivity contribution in [3.8, 4) is 0 Å². The average molecular weight is 261 g/mol. The van der Waals surface area contributed by atoms with E-state index in [4.69, 9.17) is 4.74 Å². The Bertz CT molecular complexity index is 432. The first-order valence-electron chi connectivity index (χ1n) is 7.00. The van der Waals surface area contributed by atoms with Gasteiger partial charge in [-0.15, -0.1) is 0 Å². The molecular formula is C16H23NO2. The van der Waals surface area contributed by atoms with Gasteiger partial charge in [0.2, 0.25) is 0 Å². The lowest BCUT2D eigenvalue weighted by Gasteiger charge is -2.43. The molecule has 1 N–H and O–H groups in total. The quantitative estimate of drug-likeness (QED) is 0.847. The van der Waals surface area contributed by atoms with Crippen LogP contribution in [0.5, 0.6) is 0 Å². The molecule has 3 heteroatoms. The number of nitrogens with one attached hydrogen (secondary N) is 1. The predicted octanol–water partition coefficient (Wildman–Crippen LogP) is 3.47. The first kappa shape index (κ1) is 13.9. The zero-order chi connectivity index (χ0) is 13.9. The number of esters is 1. The molecule has 0 aromatic heterocycles. The molecule has 1 fully saturated rings. The summed E-state index contributed by atoms with van der Waals surface area (Å²) in [5.41, 5.74) is 0.400. The van der Waals surface area contributed by atoms with Crippen molar-refractivity contribution < 1.29 is 9.53 Å². The molecule has 1 aromatic carbocycles. The van der Waals surface area contributed by atoms with Crippen molar-refractivity contribution >= 4 is 11.7 Å². The Hall–Kier alpha value is -1.51. The Morgan fingerprint density at radius 1 is 1.32 bits per heavy atom. The van der Waals surface area contributed by atoms with E-state index in [2.05, 4.69) is 19.2 Å². The van der Waals surface area contributed by atoms with E-state index in [0.717, 1.165) is 24.9 Å². The molecular weight excluding hydrogens is 238 g/mol. The van der Waals surface area contributed by atoms with Gasteiger partial charge in [-0.1, -0.05) is 32.0 Å². The van der Waals surface area contributed by atoms with Crippen LogP contribution in [0.1, 0.15) is 33.1 Å². The van der Waals surface area contributed by atoms with Crippen molar-refractivity contribution in [1.29, 1.82) is 0 Å². The van der Waals surface area contributed by atoms with Crippen LogP contribution in [-0.4, -0.2) is 18.6 Å². The standard InChI is InChI=1S/C16H23NO2/c1-12-9-10-16(13(2)11-12,15(18)19-3)17-14-7-5-4-6-8-14/h4-8,12-13,17H,9-11H2,1-3H3. The second-order valence-corrected chi connectivity index (χ2v) is 5.73. The molecule has 0 bridgehead atoms. The van der Waals surface area contributed by atoms with E-state index >= 15 is 0 Å². The first-order chi connectivity index (χ1) is 9.08. The molecule has 1 aromatic rings. The average Bonchev–Trinajstić information content (AvgIpc) is 2.42. The van der Waals surface area contributed by atoms with Crippen molar-refractivity contribution in [2.45, 2.75) is 38.6 Å². The third-order valence-electron chi connectivity index (χ3n) is 4.32. The van der Waals surface area contributed by atoms with Gasteiger partial charge in [0.25, 0.3) is 0 Å². The highest BCUT2D eigenvalue weighted by atomic mass is 16.5. The molecule has 0 radical (unpaired) electrons. The van der Waals surface area contributed by atoms with Crippen LogP contribution in [0.15, 0.2) is 30.3 Å². The number of ether oxygens (including phenoxy) is 1. The molecule has 19 heavy (non-hydrogen) atoms. The van der Waals surface area contributed by atoms with Gasteiger partial charge in [0.05, 0.1) is 7.11 Å². The Morgan fingerprint density at radius 3 is 2.58 bits per heavy atom. The molecule has 1 aliphatic carbocycles. The van der Waals surface area contributed by atoms with Crippen LogP contribution in [0.4, 0.5) is 5.69 Å². The number of hydrogen-bond donors (Lipinski definition) is 1. The largest absolute Gasteiger partial charge is 0.467 e. The van der Waals surface area contributed by atoms with Gasteiger partial charge in [-0.05, 0) is 43.2 Å². The van der Waals surface area contributed by atoms with Gasteiger partial charge in [-0.3, -0.25) is 0 Å². The molecule has 3 nitrogen and oxygen atoms in total. The lowest BCUT2D eigenvalue weighted by molar-refractivity contribution is -0.149. The van der Waals surface area contributed by atoms with E-state index in [0.29, 0.717) is 5.92 Å². The van der Waals surface area contributed by atoms with Crippen LogP contribution in [-0.2, 0) is 9.53 Å². The highest BCUT2D eigenvalue weighted by Gasteiger charge is 2.47. The number of para-hydroxylation sites is 1. The predicted molar refractivity (Wildman–Crippen MR) is 77.0 cm³/mol. The number of methoxy groups -OCH3 is 1. The van der Waals surface area contributed by atoms with Gasteiger partial charge >= 0.3 is 5.97 Å². The van der Waals surface area contributed by atoms with Gasteiger partial charge in [-0.25, -0.2) is 4.79 Å². The van der Waals surface area contributed by atoms with Crippen LogP contribution in [0.25, 0.3) is 0 Å². The fraction of sp³-hybridized carbons (Fsp3) is 0.562. The lowest BCUT2D eigenvalue weighted by atomic mass is 9.69. The molecule has 0 heterocycles. The maximum Gasteiger partial charge on any atom is 0.331 e. The van der Waals surface area contributed by atoms with Crippen LogP contribution in [0.3, 0.4) is 0 Å². The molecule has 0 amide bonds. The van der Waals surface area contributed by atoms with E-state index in [1.807, 2.05) is 30.3 Å². The summed E-state index contributed by atoms with van der Waals surface area (Å²) < 4.78 is 5.07. The van der Waals surface area contributed by atoms with Gasteiger partial charge < -0.3 is 10.1 Å². The Labute approximate surface area is 115 Å². The van der Waals surface area contributed by atoms with Gasteiger partial charge in [0.15, 0.2) is 0 Å². The second kappa shape index (κ2) is 5.64. The molecule has 2 rings (SSSR count). The molecule has 0 spiro atoms. The fourth-order valence-electron chi connectivity index (χ4n) is 3.14.